The summed E-state index contributed by atoms with van der Waals surface area (Å²) in [6, 6.07) is 1.71. The van der Waals surface area contributed by atoms with E-state index >= 15 is 0 Å². The van der Waals surface area contributed by atoms with Crippen LogP contribution in [0.4, 0.5) is 0 Å². The predicted octanol–water partition coefficient (Wildman–Crippen LogP) is 2.75. The summed E-state index contributed by atoms with van der Waals surface area (Å²) < 4.78 is 27.0. The molecule has 1 aromatic heterocycles. The molecule has 0 bridgehead atoms. The molecule has 6 heteroatoms. The first-order valence-corrected chi connectivity index (χ1v) is 9.30. The molecule has 1 aromatic rings. The zero-order valence-corrected chi connectivity index (χ0v) is 13.9. The fourth-order valence-corrected chi connectivity index (χ4v) is 5.80. The van der Waals surface area contributed by atoms with E-state index in [1.165, 1.54) is 17.8 Å². The molecule has 0 aliphatic heterocycles. The first-order valence-electron chi connectivity index (χ1n) is 7.04. The summed E-state index contributed by atoms with van der Waals surface area (Å²) in [5.41, 5.74) is 0. The van der Waals surface area contributed by atoms with Crippen LogP contribution in [0.1, 0.15) is 42.4 Å². The third kappa shape index (κ3) is 3.08. The van der Waals surface area contributed by atoms with Gasteiger partial charge in [-0.05, 0) is 31.7 Å². The third-order valence-corrected chi connectivity index (χ3v) is 7.36. The summed E-state index contributed by atoms with van der Waals surface area (Å²) in [6.07, 6.45) is 4.16. The van der Waals surface area contributed by atoms with Gasteiger partial charge in [0.15, 0.2) is 0 Å². The van der Waals surface area contributed by atoms with Gasteiger partial charge in [-0.1, -0.05) is 19.8 Å². The smallest absolute Gasteiger partial charge is 0.244 e. The SMILES string of the molecule is Cc1sc(CO)cc1S(=O)(=O)N(C)C1CCCC(C)C1. The molecule has 2 unspecified atom stereocenters. The number of aryl methyl sites for hydroxylation is 1. The lowest BCUT2D eigenvalue weighted by Gasteiger charge is -2.33. The molecule has 0 amide bonds. The highest BCUT2D eigenvalue weighted by Gasteiger charge is 2.32. The van der Waals surface area contributed by atoms with Gasteiger partial charge >= 0.3 is 0 Å². The fraction of sp³-hybridized carbons (Fsp3) is 0.714. The maximum absolute atomic E-state index is 12.7. The van der Waals surface area contributed by atoms with E-state index in [0.29, 0.717) is 15.7 Å². The monoisotopic (exact) mass is 317 g/mol. The van der Waals surface area contributed by atoms with Crippen molar-refractivity contribution in [2.45, 2.75) is 57.1 Å². The Hall–Kier alpha value is -0.430. The topological polar surface area (TPSA) is 57.6 Å². The van der Waals surface area contributed by atoms with Crippen molar-refractivity contribution in [1.29, 1.82) is 0 Å². The quantitative estimate of drug-likeness (QED) is 0.929. The summed E-state index contributed by atoms with van der Waals surface area (Å²) in [6.45, 7) is 3.88. The maximum Gasteiger partial charge on any atom is 0.244 e. The van der Waals surface area contributed by atoms with Crippen LogP contribution in [0.15, 0.2) is 11.0 Å². The maximum atomic E-state index is 12.7. The molecule has 1 heterocycles. The largest absolute Gasteiger partial charge is 0.391 e. The van der Waals surface area contributed by atoms with Gasteiger partial charge in [0.25, 0.3) is 0 Å². The second-order valence-electron chi connectivity index (χ2n) is 5.74. The van der Waals surface area contributed by atoms with E-state index < -0.39 is 10.0 Å². The number of aliphatic hydroxyl groups excluding tert-OH is 1. The van der Waals surface area contributed by atoms with Gasteiger partial charge in [0.2, 0.25) is 10.0 Å². The van der Waals surface area contributed by atoms with E-state index in [2.05, 4.69) is 6.92 Å². The average Bonchev–Trinajstić information content (AvgIpc) is 2.80. The minimum Gasteiger partial charge on any atom is -0.391 e. The molecule has 0 aromatic carbocycles. The first kappa shape index (κ1) is 15.9. The summed E-state index contributed by atoms with van der Waals surface area (Å²) in [7, 11) is -1.76. The zero-order chi connectivity index (χ0) is 14.9. The summed E-state index contributed by atoms with van der Waals surface area (Å²) in [5.74, 6) is 0.586. The minimum atomic E-state index is -3.45. The van der Waals surface area contributed by atoms with E-state index in [-0.39, 0.29) is 12.6 Å². The number of nitrogens with zero attached hydrogens (tertiary/aromatic N) is 1. The third-order valence-electron chi connectivity index (χ3n) is 4.16. The molecular formula is C14H23NO3S2. The van der Waals surface area contributed by atoms with Crippen LogP contribution in [0, 0.1) is 12.8 Å². The molecule has 2 atom stereocenters. The molecule has 0 spiro atoms. The average molecular weight is 317 g/mol. The molecule has 4 nitrogen and oxygen atoms in total. The Labute approximate surface area is 125 Å². The molecule has 1 fully saturated rings. The van der Waals surface area contributed by atoms with Crippen LogP contribution < -0.4 is 0 Å². The van der Waals surface area contributed by atoms with Crippen LogP contribution in [0.5, 0.6) is 0 Å². The van der Waals surface area contributed by atoms with E-state index in [9.17, 15) is 8.42 Å². The summed E-state index contributed by atoms with van der Waals surface area (Å²) in [5, 5.41) is 9.17. The lowest BCUT2D eigenvalue weighted by atomic mass is 9.87. The van der Waals surface area contributed by atoms with Crippen LogP contribution in [0.2, 0.25) is 0 Å². The molecule has 1 aliphatic carbocycles. The van der Waals surface area contributed by atoms with Gasteiger partial charge in [-0.2, -0.15) is 4.31 Å². The molecule has 1 aliphatic rings. The molecule has 114 valence electrons. The van der Waals surface area contributed by atoms with Gasteiger partial charge in [0.1, 0.15) is 0 Å². The Bertz CT molecular complexity index is 565. The number of sulfonamides is 1. The summed E-state index contributed by atoms with van der Waals surface area (Å²) in [4.78, 5) is 1.81. The van der Waals surface area contributed by atoms with Crippen LogP contribution >= 0.6 is 11.3 Å². The van der Waals surface area contributed by atoms with E-state index in [1.807, 2.05) is 0 Å². The highest BCUT2D eigenvalue weighted by molar-refractivity contribution is 7.89. The standard InChI is InChI=1S/C14H23NO3S2/c1-10-5-4-6-12(7-10)15(3)20(17,18)14-8-13(9-16)19-11(14)2/h8,10,12,16H,4-7,9H2,1-3H3. The number of hydrogen-bond donors (Lipinski definition) is 1. The van der Waals surface area contributed by atoms with Gasteiger partial charge in [-0.3, -0.25) is 0 Å². The molecule has 0 radical (unpaired) electrons. The minimum absolute atomic E-state index is 0.0978. The fourth-order valence-electron chi connectivity index (χ4n) is 2.94. The number of aliphatic hydroxyl groups is 1. The number of rotatable bonds is 4. The molecule has 1 N–H and O–H groups in total. The molecule has 1 saturated carbocycles. The van der Waals surface area contributed by atoms with Crippen molar-refractivity contribution < 1.29 is 13.5 Å². The van der Waals surface area contributed by atoms with Crippen LogP contribution in [0.3, 0.4) is 0 Å². The molecular weight excluding hydrogens is 294 g/mol. The lowest BCUT2D eigenvalue weighted by molar-refractivity contribution is 0.239. The highest BCUT2D eigenvalue weighted by atomic mass is 32.2. The van der Waals surface area contributed by atoms with Crippen molar-refractivity contribution in [2.75, 3.05) is 7.05 Å². The Morgan fingerprint density at radius 2 is 2.15 bits per heavy atom. The van der Waals surface area contributed by atoms with Crippen molar-refractivity contribution >= 4 is 21.4 Å². The van der Waals surface area contributed by atoms with Crippen molar-refractivity contribution in [2.24, 2.45) is 5.92 Å². The van der Waals surface area contributed by atoms with Crippen LogP contribution in [-0.4, -0.2) is 30.9 Å². The van der Waals surface area contributed by atoms with Crippen LogP contribution in [0.25, 0.3) is 0 Å². The number of thiophene rings is 1. The Balaban J connectivity index is 2.26. The summed E-state index contributed by atoms with van der Waals surface area (Å²) >= 11 is 1.35. The first-order chi connectivity index (χ1) is 9.36. The van der Waals surface area contributed by atoms with E-state index in [0.717, 1.165) is 24.1 Å². The van der Waals surface area contributed by atoms with Gasteiger partial charge in [0.05, 0.1) is 11.5 Å². The zero-order valence-electron chi connectivity index (χ0n) is 12.3. The van der Waals surface area contributed by atoms with Crippen molar-refractivity contribution in [3.05, 3.63) is 15.8 Å². The predicted molar refractivity (Wildman–Crippen MR) is 81.3 cm³/mol. The van der Waals surface area contributed by atoms with Crippen molar-refractivity contribution in [3.63, 3.8) is 0 Å². The Kier molecular flexibility index (Phi) is 4.89. The normalized spacial score (nSPS) is 24.2. The molecule has 0 saturated heterocycles. The number of hydrogen-bond acceptors (Lipinski definition) is 4. The van der Waals surface area contributed by atoms with Crippen molar-refractivity contribution in [3.8, 4) is 0 Å². The second kappa shape index (κ2) is 6.13. The second-order valence-corrected chi connectivity index (χ2v) is 9.04. The van der Waals surface area contributed by atoms with Gasteiger partial charge in [-0.25, -0.2) is 8.42 Å². The van der Waals surface area contributed by atoms with Gasteiger partial charge < -0.3 is 5.11 Å². The van der Waals surface area contributed by atoms with Crippen molar-refractivity contribution in [1.82, 2.24) is 4.31 Å². The van der Waals surface area contributed by atoms with Gasteiger partial charge in [-0.15, -0.1) is 11.3 Å². The van der Waals surface area contributed by atoms with Crippen LogP contribution in [-0.2, 0) is 16.6 Å². The molecule has 20 heavy (non-hydrogen) atoms. The Morgan fingerprint density at radius 3 is 2.70 bits per heavy atom. The lowest BCUT2D eigenvalue weighted by Crippen LogP contribution is -2.39. The van der Waals surface area contributed by atoms with Gasteiger partial charge in [0, 0.05) is 22.8 Å². The Morgan fingerprint density at radius 1 is 1.45 bits per heavy atom. The highest BCUT2D eigenvalue weighted by Crippen LogP contribution is 2.33. The molecule has 2 rings (SSSR count). The van der Waals surface area contributed by atoms with E-state index in [4.69, 9.17) is 5.11 Å². The van der Waals surface area contributed by atoms with E-state index in [1.54, 1.807) is 24.3 Å².